The molecule has 1 unspecified atom stereocenters. The van der Waals surface area contributed by atoms with E-state index in [9.17, 15) is 4.79 Å². The van der Waals surface area contributed by atoms with E-state index in [0.29, 0.717) is 12.4 Å². The molecule has 1 aromatic carbocycles. The largest absolute Gasteiger partial charge is 0.490 e. The van der Waals surface area contributed by atoms with Crippen molar-refractivity contribution in [2.24, 2.45) is 0 Å². The SMILES string of the molecule is Cc1cccc(C(=O)O)c1OCC1CCC(C)(C)O1. The van der Waals surface area contributed by atoms with Crippen LogP contribution in [0.2, 0.25) is 0 Å². The quantitative estimate of drug-likeness (QED) is 0.908. The monoisotopic (exact) mass is 264 g/mol. The number of rotatable bonds is 4. The van der Waals surface area contributed by atoms with E-state index in [4.69, 9.17) is 14.6 Å². The van der Waals surface area contributed by atoms with Gasteiger partial charge < -0.3 is 14.6 Å². The Hall–Kier alpha value is -1.55. The van der Waals surface area contributed by atoms with Crippen LogP contribution in [0.1, 0.15) is 42.6 Å². The number of carboxylic acids is 1. The van der Waals surface area contributed by atoms with Crippen LogP contribution in [0.5, 0.6) is 5.75 Å². The highest BCUT2D eigenvalue weighted by atomic mass is 16.6. The molecule has 19 heavy (non-hydrogen) atoms. The maximum Gasteiger partial charge on any atom is 0.339 e. The molecule has 1 saturated heterocycles. The molecule has 4 heteroatoms. The maximum atomic E-state index is 11.2. The van der Waals surface area contributed by atoms with Crippen LogP contribution < -0.4 is 4.74 Å². The Kier molecular flexibility index (Phi) is 3.80. The predicted molar refractivity (Wildman–Crippen MR) is 71.8 cm³/mol. The van der Waals surface area contributed by atoms with E-state index >= 15 is 0 Å². The molecular formula is C15H20O4. The fourth-order valence-electron chi connectivity index (χ4n) is 2.38. The highest BCUT2D eigenvalue weighted by Crippen LogP contribution is 2.30. The number of carboxylic acid groups (broad SMARTS) is 1. The minimum atomic E-state index is -0.966. The summed E-state index contributed by atoms with van der Waals surface area (Å²) < 4.78 is 11.5. The lowest BCUT2D eigenvalue weighted by Gasteiger charge is -2.20. The van der Waals surface area contributed by atoms with Crippen molar-refractivity contribution in [3.8, 4) is 5.75 Å². The summed E-state index contributed by atoms with van der Waals surface area (Å²) in [4.78, 5) is 11.2. The summed E-state index contributed by atoms with van der Waals surface area (Å²) >= 11 is 0. The van der Waals surface area contributed by atoms with Gasteiger partial charge in [-0.15, -0.1) is 0 Å². The third kappa shape index (κ3) is 3.26. The van der Waals surface area contributed by atoms with Crippen LogP contribution in [0, 0.1) is 6.92 Å². The van der Waals surface area contributed by atoms with Gasteiger partial charge in [-0.25, -0.2) is 4.79 Å². The second-order valence-electron chi connectivity index (χ2n) is 5.61. The highest BCUT2D eigenvalue weighted by molar-refractivity contribution is 5.91. The average Bonchev–Trinajstić information content (AvgIpc) is 2.67. The number of para-hydroxylation sites is 1. The van der Waals surface area contributed by atoms with Crippen LogP contribution >= 0.6 is 0 Å². The maximum absolute atomic E-state index is 11.2. The second-order valence-corrected chi connectivity index (χ2v) is 5.61. The molecule has 1 aliphatic heterocycles. The first-order valence-electron chi connectivity index (χ1n) is 6.52. The Morgan fingerprint density at radius 1 is 1.53 bits per heavy atom. The van der Waals surface area contributed by atoms with Crippen LogP contribution in [-0.2, 0) is 4.74 Å². The van der Waals surface area contributed by atoms with Gasteiger partial charge in [-0.2, -0.15) is 0 Å². The molecule has 2 rings (SSSR count). The number of hydrogen-bond acceptors (Lipinski definition) is 3. The topological polar surface area (TPSA) is 55.8 Å². The number of aromatic carboxylic acids is 1. The van der Waals surface area contributed by atoms with Gasteiger partial charge in [0.2, 0.25) is 0 Å². The van der Waals surface area contributed by atoms with E-state index in [1.165, 1.54) is 0 Å². The minimum absolute atomic E-state index is 0.0382. The average molecular weight is 264 g/mol. The molecule has 1 aromatic rings. The van der Waals surface area contributed by atoms with E-state index in [0.717, 1.165) is 18.4 Å². The van der Waals surface area contributed by atoms with E-state index in [1.807, 2.05) is 13.0 Å². The van der Waals surface area contributed by atoms with Crippen molar-refractivity contribution in [2.45, 2.75) is 45.3 Å². The van der Waals surface area contributed by atoms with Crippen LogP contribution in [-0.4, -0.2) is 29.4 Å². The Morgan fingerprint density at radius 3 is 2.84 bits per heavy atom. The number of carbonyl (C=O) groups is 1. The van der Waals surface area contributed by atoms with Crippen molar-refractivity contribution in [1.29, 1.82) is 0 Å². The zero-order valence-corrected chi connectivity index (χ0v) is 11.6. The Labute approximate surface area is 113 Å². The molecule has 0 saturated carbocycles. The first-order valence-corrected chi connectivity index (χ1v) is 6.52. The lowest BCUT2D eigenvalue weighted by atomic mass is 10.1. The fraction of sp³-hybridized carbons (Fsp3) is 0.533. The summed E-state index contributed by atoms with van der Waals surface area (Å²) in [7, 11) is 0. The first kappa shape index (κ1) is 13.9. The third-order valence-electron chi connectivity index (χ3n) is 3.41. The summed E-state index contributed by atoms with van der Waals surface area (Å²) in [5.74, 6) is -0.519. The van der Waals surface area contributed by atoms with Crippen molar-refractivity contribution in [2.75, 3.05) is 6.61 Å². The Balaban J connectivity index is 2.06. The Bertz CT molecular complexity index is 479. The van der Waals surface area contributed by atoms with Crippen LogP contribution in [0.3, 0.4) is 0 Å². The molecule has 1 N–H and O–H groups in total. The molecule has 0 spiro atoms. The van der Waals surface area contributed by atoms with Crippen molar-refractivity contribution in [1.82, 2.24) is 0 Å². The van der Waals surface area contributed by atoms with Gasteiger partial charge >= 0.3 is 5.97 Å². The number of hydrogen-bond donors (Lipinski definition) is 1. The lowest BCUT2D eigenvalue weighted by molar-refractivity contribution is -0.0328. The molecule has 0 aromatic heterocycles. The molecular weight excluding hydrogens is 244 g/mol. The van der Waals surface area contributed by atoms with Crippen molar-refractivity contribution in [3.05, 3.63) is 29.3 Å². The number of aryl methyl sites for hydroxylation is 1. The van der Waals surface area contributed by atoms with Gasteiger partial charge in [0.1, 0.15) is 17.9 Å². The Morgan fingerprint density at radius 2 is 2.26 bits per heavy atom. The van der Waals surface area contributed by atoms with E-state index in [2.05, 4.69) is 13.8 Å². The summed E-state index contributed by atoms with van der Waals surface area (Å²) in [5, 5.41) is 9.15. The summed E-state index contributed by atoms with van der Waals surface area (Å²) in [6.45, 7) is 6.36. The van der Waals surface area contributed by atoms with Crippen molar-refractivity contribution in [3.63, 3.8) is 0 Å². The predicted octanol–water partition coefficient (Wildman–Crippen LogP) is 3.03. The molecule has 1 heterocycles. The smallest absolute Gasteiger partial charge is 0.339 e. The van der Waals surface area contributed by atoms with Crippen LogP contribution in [0.25, 0.3) is 0 Å². The molecule has 4 nitrogen and oxygen atoms in total. The van der Waals surface area contributed by atoms with E-state index in [1.54, 1.807) is 12.1 Å². The second kappa shape index (κ2) is 5.21. The van der Waals surface area contributed by atoms with E-state index < -0.39 is 5.97 Å². The van der Waals surface area contributed by atoms with E-state index in [-0.39, 0.29) is 17.3 Å². The molecule has 104 valence electrons. The van der Waals surface area contributed by atoms with Crippen molar-refractivity contribution >= 4 is 5.97 Å². The summed E-state index contributed by atoms with van der Waals surface area (Å²) in [6, 6.07) is 5.13. The van der Waals surface area contributed by atoms with Crippen LogP contribution in [0.15, 0.2) is 18.2 Å². The zero-order chi connectivity index (χ0) is 14.0. The fourth-order valence-corrected chi connectivity index (χ4v) is 2.38. The standard InChI is InChI=1S/C15H20O4/c1-10-5-4-6-12(14(16)17)13(10)18-9-11-7-8-15(2,3)19-11/h4-6,11H,7-9H2,1-3H3,(H,16,17). The normalized spacial score (nSPS) is 21.3. The molecule has 0 bridgehead atoms. The molecule has 0 aliphatic carbocycles. The minimum Gasteiger partial charge on any atom is -0.490 e. The van der Waals surface area contributed by atoms with Gasteiger partial charge in [-0.1, -0.05) is 12.1 Å². The zero-order valence-electron chi connectivity index (χ0n) is 11.6. The van der Waals surface area contributed by atoms with Crippen molar-refractivity contribution < 1.29 is 19.4 Å². The highest BCUT2D eigenvalue weighted by Gasteiger charge is 2.32. The van der Waals surface area contributed by atoms with Gasteiger partial charge in [0.15, 0.2) is 0 Å². The third-order valence-corrected chi connectivity index (χ3v) is 3.41. The molecule has 1 fully saturated rings. The van der Waals surface area contributed by atoms with Gasteiger partial charge in [-0.05, 0) is 45.2 Å². The summed E-state index contributed by atoms with van der Waals surface area (Å²) in [6.07, 6.45) is 1.98. The number of ether oxygens (including phenoxy) is 2. The molecule has 0 radical (unpaired) electrons. The van der Waals surface area contributed by atoms with Crippen LogP contribution in [0.4, 0.5) is 0 Å². The molecule has 1 atom stereocenters. The van der Waals surface area contributed by atoms with Gasteiger partial charge in [-0.3, -0.25) is 0 Å². The summed E-state index contributed by atoms with van der Waals surface area (Å²) in [5.41, 5.74) is 0.935. The lowest BCUT2D eigenvalue weighted by Crippen LogP contribution is -2.24. The number of benzene rings is 1. The van der Waals surface area contributed by atoms with Gasteiger partial charge in [0.25, 0.3) is 0 Å². The van der Waals surface area contributed by atoms with Gasteiger partial charge in [0.05, 0.1) is 11.7 Å². The first-order chi connectivity index (χ1) is 8.89. The molecule has 1 aliphatic rings. The van der Waals surface area contributed by atoms with Gasteiger partial charge in [0, 0.05) is 0 Å². The molecule has 0 amide bonds.